The van der Waals surface area contributed by atoms with Gasteiger partial charge < -0.3 is 10.1 Å². The Labute approximate surface area is 190 Å². The van der Waals surface area contributed by atoms with E-state index in [0.29, 0.717) is 28.4 Å². The first kappa shape index (κ1) is 23.9. The SMILES string of the molecule is COCC(C)n1c(SC(C)C(=O)Nc2ccc(S(N)(=O)=O)cc2)nc2ccccc2c1=O. The maximum atomic E-state index is 13.1. The van der Waals surface area contributed by atoms with Crippen LogP contribution in [0.25, 0.3) is 10.9 Å². The molecule has 2 atom stereocenters. The first-order valence-electron chi connectivity index (χ1n) is 9.72. The smallest absolute Gasteiger partial charge is 0.262 e. The summed E-state index contributed by atoms with van der Waals surface area (Å²) in [5, 5.41) is 8.13. The molecule has 2 aromatic carbocycles. The van der Waals surface area contributed by atoms with E-state index in [-0.39, 0.29) is 22.4 Å². The fourth-order valence-electron chi connectivity index (χ4n) is 3.10. The molecule has 170 valence electrons. The number of carbonyl (C=O) groups excluding carboxylic acids is 1. The number of nitrogens with one attached hydrogen (secondary N) is 1. The number of aromatic nitrogens is 2. The highest BCUT2D eigenvalue weighted by atomic mass is 32.2. The van der Waals surface area contributed by atoms with Crippen LogP contribution in [0.5, 0.6) is 0 Å². The van der Waals surface area contributed by atoms with E-state index in [4.69, 9.17) is 9.88 Å². The molecular weight excluding hydrogens is 452 g/mol. The number of anilines is 1. The van der Waals surface area contributed by atoms with Gasteiger partial charge in [0.05, 0.1) is 33.7 Å². The fraction of sp³-hybridized carbons (Fsp3) is 0.286. The van der Waals surface area contributed by atoms with Gasteiger partial charge in [0.25, 0.3) is 5.56 Å². The van der Waals surface area contributed by atoms with Crippen LogP contribution >= 0.6 is 11.8 Å². The molecule has 3 N–H and O–H groups in total. The van der Waals surface area contributed by atoms with Crippen molar-refractivity contribution >= 4 is 44.3 Å². The number of amides is 1. The summed E-state index contributed by atoms with van der Waals surface area (Å²) in [4.78, 5) is 30.4. The van der Waals surface area contributed by atoms with Crippen molar-refractivity contribution in [2.75, 3.05) is 19.0 Å². The molecule has 0 aliphatic carbocycles. The zero-order chi connectivity index (χ0) is 23.5. The third kappa shape index (κ3) is 5.36. The van der Waals surface area contributed by atoms with Crippen LogP contribution in [-0.4, -0.2) is 42.8 Å². The summed E-state index contributed by atoms with van der Waals surface area (Å²) in [6.07, 6.45) is 0. The largest absolute Gasteiger partial charge is 0.383 e. The molecule has 0 fully saturated rings. The number of methoxy groups -OCH3 is 1. The molecule has 0 saturated carbocycles. The van der Waals surface area contributed by atoms with Gasteiger partial charge in [-0.15, -0.1) is 0 Å². The first-order chi connectivity index (χ1) is 15.1. The fourth-order valence-corrected chi connectivity index (χ4v) is 4.62. The average Bonchev–Trinajstić information content (AvgIpc) is 2.73. The van der Waals surface area contributed by atoms with Crippen molar-refractivity contribution in [3.63, 3.8) is 0 Å². The van der Waals surface area contributed by atoms with Gasteiger partial charge in [-0.1, -0.05) is 23.9 Å². The van der Waals surface area contributed by atoms with Crippen molar-refractivity contribution in [2.45, 2.75) is 35.2 Å². The van der Waals surface area contributed by atoms with E-state index in [1.165, 1.54) is 24.3 Å². The molecule has 11 heteroatoms. The number of thioether (sulfide) groups is 1. The Morgan fingerprint density at radius 2 is 1.84 bits per heavy atom. The molecule has 0 saturated heterocycles. The van der Waals surface area contributed by atoms with Crippen molar-refractivity contribution < 1.29 is 17.9 Å². The van der Waals surface area contributed by atoms with Gasteiger partial charge in [-0.25, -0.2) is 18.5 Å². The number of rotatable bonds is 8. The van der Waals surface area contributed by atoms with Crippen LogP contribution in [-0.2, 0) is 19.6 Å². The number of nitrogens with two attached hydrogens (primary N) is 1. The van der Waals surface area contributed by atoms with Crippen LogP contribution < -0.4 is 16.0 Å². The van der Waals surface area contributed by atoms with E-state index in [1.54, 1.807) is 42.9 Å². The zero-order valence-electron chi connectivity index (χ0n) is 17.8. The second-order valence-corrected chi connectivity index (χ2v) is 10.1. The van der Waals surface area contributed by atoms with Gasteiger partial charge in [0.2, 0.25) is 15.9 Å². The highest BCUT2D eigenvalue weighted by Crippen LogP contribution is 2.26. The lowest BCUT2D eigenvalue weighted by Crippen LogP contribution is -2.30. The minimum atomic E-state index is -3.81. The molecule has 1 aromatic heterocycles. The average molecular weight is 477 g/mol. The van der Waals surface area contributed by atoms with E-state index >= 15 is 0 Å². The number of fused-ring (bicyclic) bond motifs is 1. The predicted octanol–water partition coefficient (Wildman–Crippen LogP) is 2.37. The Morgan fingerprint density at radius 1 is 1.19 bits per heavy atom. The third-order valence-electron chi connectivity index (χ3n) is 4.73. The number of para-hydroxylation sites is 1. The summed E-state index contributed by atoms with van der Waals surface area (Å²) in [6.45, 7) is 3.86. The van der Waals surface area contributed by atoms with Gasteiger partial charge in [0, 0.05) is 12.8 Å². The van der Waals surface area contributed by atoms with E-state index < -0.39 is 15.3 Å². The summed E-state index contributed by atoms with van der Waals surface area (Å²) in [6, 6.07) is 12.3. The monoisotopic (exact) mass is 476 g/mol. The number of primary sulfonamides is 1. The van der Waals surface area contributed by atoms with Crippen molar-refractivity contribution in [3.8, 4) is 0 Å². The second kappa shape index (κ2) is 9.82. The number of hydrogen-bond acceptors (Lipinski definition) is 7. The normalized spacial score (nSPS) is 13.6. The van der Waals surface area contributed by atoms with E-state index in [2.05, 4.69) is 10.3 Å². The topological polar surface area (TPSA) is 133 Å². The molecule has 32 heavy (non-hydrogen) atoms. The highest BCUT2D eigenvalue weighted by Gasteiger charge is 2.22. The van der Waals surface area contributed by atoms with Gasteiger partial charge in [0.1, 0.15) is 0 Å². The standard InChI is InChI=1S/C21H24N4O5S2/c1-13(12-30-3)25-20(27)17-6-4-5-7-18(17)24-21(25)31-14(2)19(26)23-15-8-10-16(11-9-15)32(22,28)29/h4-11,13-14H,12H2,1-3H3,(H,23,26)(H2,22,28,29). The number of carbonyl (C=O) groups is 1. The molecule has 3 rings (SSSR count). The zero-order valence-corrected chi connectivity index (χ0v) is 19.4. The van der Waals surface area contributed by atoms with Crippen molar-refractivity contribution in [3.05, 3.63) is 58.9 Å². The van der Waals surface area contributed by atoms with Crippen LogP contribution in [0.4, 0.5) is 5.69 Å². The van der Waals surface area contributed by atoms with Crippen molar-refractivity contribution in [2.24, 2.45) is 5.14 Å². The van der Waals surface area contributed by atoms with Gasteiger partial charge in [-0.2, -0.15) is 0 Å². The lowest BCUT2D eigenvalue weighted by atomic mass is 10.2. The minimum absolute atomic E-state index is 0.0468. The molecule has 0 aliphatic rings. The molecule has 0 aliphatic heterocycles. The molecule has 9 nitrogen and oxygen atoms in total. The summed E-state index contributed by atoms with van der Waals surface area (Å²) >= 11 is 1.16. The van der Waals surface area contributed by atoms with Gasteiger partial charge in [0.15, 0.2) is 5.16 Å². The molecule has 1 amide bonds. The summed E-state index contributed by atoms with van der Waals surface area (Å²) in [5.74, 6) is -0.327. The number of sulfonamides is 1. The Kier molecular flexibility index (Phi) is 7.34. The number of benzene rings is 2. The number of nitrogens with zero attached hydrogens (tertiary/aromatic N) is 2. The predicted molar refractivity (Wildman–Crippen MR) is 124 cm³/mol. The number of hydrogen-bond donors (Lipinski definition) is 2. The minimum Gasteiger partial charge on any atom is -0.383 e. The van der Waals surface area contributed by atoms with Gasteiger partial charge >= 0.3 is 0 Å². The quantitative estimate of drug-likeness (QED) is 0.377. The molecular formula is C21H24N4O5S2. The van der Waals surface area contributed by atoms with Crippen LogP contribution in [0, 0.1) is 0 Å². The Balaban J connectivity index is 1.86. The van der Waals surface area contributed by atoms with E-state index in [1.807, 2.05) is 6.92 Å². The molecule has 2 unspecified atom stereocenters. The Hall–Kier alpha value is -2.73. The van der Waals surface area contributed by atoms with Crippen molar-refractivity contribution in [1.82, 2.24) is 9.55 Å². The van der Waals surface area contributed by atoms with E-state index in [9.17, 15) is 18.0 Å². The van der Waals surface area contributed by atoms with Crippen LogP contribution in [0.3, 0.4) is 0 Å². The second-order valence-electron chi connectivity index (χ2n) is 7.21. The maximum absolute atomic E-state index is 13.1. The molecule has 0 radical (unpaired) electrons. The third-order valence-corrected chi connectivity index (χ3v) is 6.72. The lowest BCUT2D eigenvalue weighted by Gasteiger charge is -2.20. The summed E-state index contributed by atoms with van der Waals surface area (Å²) < 4.78 is 29.5. The molecule has 1 heterocycles. The first-order valence-corrected chi connectivity index (χ1v) is 12.1. The molecule has 0 spiro atoms. The van der Waals surface area contributed by atoms with Gasteiger partial charge in [-0.05, 0) is 50.2 Å². The van der Waals surface area contributed by atoms with Crippen LogP contribution in [0.2, 0.25) is 0 Å². The lowest BCUT2D eigenvalue weighted by molar-refractivity contribution is -0.115. The van der Waals surface area contributed by atoms with E-state index in [0.717, 1.165) is 11.8 Å². The Morgan fingerprint density at radius 3 is 2.47 bits per heavy atom. The molecule has 0 bridgehead atoms. The number of ether oxygens (including phenoxy) is 1. The van der Waals surface area contributed by atoms with Crippen LogP contribution in [0.15, 0.2) is 63.4 Å². The molecule has 3 aromatic rings. The highest BCUT2D eigenvalue weighted by molar-refractivity contribution is 8.00. The van der Waals surface area contributed by atoms with Gasteiger partial charge in [-0.3, -0.25) is 14.2 Å². The van der Waals surface area contributed by atoms with Crippen LogP contribution in [0.1, 0.15) is 19.9 Å². The summed E-state index contributed by atoms with van der Waals surface area (Å²) in [5.41, 5.74) is 0.771. The summed E-state index contributed by atoms with van der Waals surface area (Å²) in [7, 11) is -2.26. The maximum Gasteiger partial charge on any atom is 0.262 e. The Bertz CT molecular complexity index is 1290. The van der Waals surface area contributed by atoms with Crippen molar-refractivity contribution in [1.29, 1.82) is 0 Å².